The van der Waals surface area contributed by atoms with Crippen molar-refractivity contribution in [1.29, 1.82) is 0 Å². The van der Waals surface area contributed by atoms with Crippen LogP contribution in [-0.2, 0) is 12.8 Å². The van der Waals surface area contributed by atoms with Gasteiger partial charge in [-0.2, -0.15) is 0 Å². The molecule has 2 rings (SSSR count). The standard InChI is InChI=1S/C20H28N2/c1-3-9-19(10-4-1)13-17-21-15-7-8-16-22-18-14-20-11-5-2-6-12-20/h1-6,9-12,21-22H,7-8,13-18H2. The Morgan fingerprint density at radius 3 is 1.32 bits per heavy atom. The minimum absolute atomic E-state index is 1.07. The van der Waals surface area contributed by atoms with E-state index in [1.54, 1.807) is 0 Å². The number of unbranched alkanes of at least 4 members (excludes halogenated alkanes) is 1. The van der Waals surface area contributed by atoms with E-state index in [2.05, 4.69) is 71.3 Å². The number of nitrogens with one attached hydrogen (secondary N) is 2. The number of hydrogen-bond donors (Lipinski definition) is 2. The van der Waals surface area contributed by atoms with Crippen LogP contribution in [0.15, 0.2) is 60.7 Å². The third-order valence-electron chi connectivity index (χ3n) is 3.82. The van der Waals surface area contributed by atoms with Crippen LogP contribution in [-0.4, -0.2) is 26.2 Å². The molecule has 2 heteroatoms. The first kappa shape index (κ1) is 16.7. The van der Waals surface area contributed by atoms with Gasteiger partial charge in [0.15, 0.2) is 0 Å². The smallest absolute Gasteiger partial charge is 0.000835 e. The van der Waals surface area contributed by atoms with E-state index >= 15 is 0 Å². The van der Waals surface area contributed by atoms with Crippen molar-refractivity contribution in [2.24, 2.45) is 0 Å². The van der Waals surface area contributed by atoms with E-state index < -0.39 is 0 Å². The average molecular weight is 296 g/mol. The lowest BCUT2D eigenvalue weighted by Gasteiger charge is -2.06. The van der Waals surface area contributed by atoms with Crippen LogP contribution in [0.1, 0.15) is 24.0 Å². The molecule has 0 aliphatic rings. The molecule has 2 aromatic carbocycles. The molecule has 0 amide bonds. The van der Waals surface area contributed by atoms with Crippen LogP contribution in [0.25, 0.3) is 0 Å². The first-order valence-corrected chi connectivity index (χ1v) is 8.44. The maximum absolute atomic E-state index is 3.52. The van der Waals surface area contributed by atoms with E-state index in [0.717, 1.165) is 39.0 Å². The minimum Gasteiger partial charge on any atom is -0.316 e. The monoisotopic (exact) mass is 296 g/mol. The summed E-state index contributed by atoms with van der Waals surface area (Å²) in [5, 5.41) is 7.05. The van der Waals surface area contributed by atoms with Gasteiger partial charge in [0.1, 0.15) is 0 Å². The zero-order chi connectivity index (χ0) is 15.3. The molecule has 2 N–H and O–H groups in total. The zero-order valence-electron chi connectivity index (χ0n) is 13.4. The second kappa shape index (κ2) is 11.0. The van der Waals surface area contributed by atoms with Crippen molar-refractivity contribution >= 4 is 0 Å². The highest BCUT2D eigenvalue weighted by molar-refractivity contribution is 5.15. The number of rotatable bonds is 11. The molecule has 0 saturated carbocycles. The van der Waals surface area contributed by atoms with Crippen molar-refractivity contribution in [3.8, 4) is 0 Å². The SMILES string of the molecule is c1ccc(CCNCCCCNCCc2ccccc2)cc1. The fourth-order valence-electron chi connectivity index (χ4n) is 2.50. The molecule has 0 aliphatic carbocycles. The van der Waals surface area contributed by atoms with Crippen LogP contribution < -0.4 is 10.6 Å². The molecule has 2 nitrogen and oxygen atoms in total. The summed E-state index contributed by atoms with van der Waals surface area (Å²) in [6, 6.07) is 21.3. The summed E-state index contributed by atoms with van der Waals surface area (Å²) < 4.78 is 0. The van der Waals surface area contributed by atoms with E-state index in [-0.39, 0.29) is 0 Å². The lowest BCUT2D eigenvalue weighted by Crippen LogP contribution is -2.22. The Bertz CT molecular complexity index is 434. The van der Waals surface area contributed by atoms with Crippen molar-refractivity contribution in [3.63, 3.8) is 0 Å². The van der Waals surface area contributed by atoms with Gasteiger partial charge in [-0.25, -0.2) is 0 Å². The molecule has 0 saturated heterocycles. The molecule has 0 heterocycles. The van der Waals surface area contributed by atoms with Gasteiger partial charge in [-0.1, -0.05) is 60.7 Å². The molecule has 0 radical (unpaired) electrons. The van der Waals surface area contributed by atoms with E-state index in [1.807, 2.05) is 0 Å². The maximum atomic E-state index is 3.52. The predicted octanol–water partition coefficient (Wildman–Crippen LogP) is 3.43. The molecular weight excluding hydrogens is 268 g/mol. The first-order chi connectivity index (χ1) is 10.9. The van der Waals surface area contributed by atoms with Gasteiger partial charge in [-0.05, 0) is 63.0 Å². The van der Waals surface area contributed by atoms with Crippen molar-refractivity contribution in [3.05, 3.63) is 71.8 Å². The summed E-state index contributed by atoms with van der Waals surface area (Å²) in [5.41, 5.74) is 2.83. The van der Waals surface area contributed by atoms with Crippen LogP contribution >= 0.6 is 0 Å². The Morgan fingerprint density at radius 2 is 0.909 bits per heavy atom. The molecule has 2 aromatic rings. The van der Waals surface area contributed by atoms with Gasteiger partial charge in [-0.15, -0.1) is 0 Å². The zero-order valence-corrected chi connectivity index (χ0v) is 13.4. The van der Waals surface area contributed by atoms with Crippen LogP contribution in [0.4, 0.5) is 0 Å². The fraction of sp³-hybridized carbons (Fsp3) is 0.400. The number of benzene rings is 2. The third-order valence-corrected chi connectivity index (χ3v) is 3.82. The molecule has 118 valence electrons. The minimum atomic E-state index is 1.07. The van der Waals surface area contributed by atoms with Crippen molar-refractivity contribution < 1.29 is 0 Å². The van der Waals surface area contributed by atoms with Gasteiger partial charge < -0.3 is 10.6 Å². The average Bonchev–Trinajstić information content (AvgIpc) is 2.58. The van der Waals surface area contributed by atoms with Gasteiger partial charge in [-0.3, -0.25) is 0 Å². The second-order valence-electron chi connectivity index (χ2n) is 5.68. The topological polar surface area (TPSA) is 24.1 Å². The fourth-order valence-corrected chi connectivity index (χ4v) is 2.50. The molecular formula is C20H28N2. The van der Waals surface area contributed by atoms with Gasteiger partial charge in [0.25, 0.3) is 0 Å². The van der Waals surface area contributed by atoms with E-state index in [0.29, 0.717) is 0 Å². The summed E-state index contributed by atoms with van der Waals surface area (Å²) >= 11 is 0. The molecule has 0 fully saturated rings. The largest absolute Gasteiger partial charge is 0.316 e. The summed E-state index contributed by atoms with van der Waals surface area (Å²) in [5.74, 6) is 0. The Hall–Kier alpha value is -1.64. The van der Waals surface area contributed by atoms with Gasteiger partial charge in [0.2, 0.25) is 0 Å². The summed E-state index contributed by atoms with van der Waals surface area (Å²) in [4.78, 5) is 0. The Labute approximate surface area is 135 Å². The van der Waals surface area contributed by atoms with Crippen LogP contribution in [0.3, 0.4) is 0 Å². The second-order valence-corrected chi connectivity index (χ2v) is 5.68. The Kier molecular flexibility index (Phi) is 8.36. The molecule has 0 spiro atoms. The van der Waals surface area contributed by atoms with E-state index in [9.17, 15) is 0 Å². The normalized spacial score (nSPS) is 10.7. The Balaban J connectivity index is 1.37. The van der Waals surface area contributed by atoms with Crippen LogP contribution in [0, 0.1) is 0 Å². The number of hydrogen-bond acceptors (Lipinski definition) is 2. The molecule has 0 atom stereocenters. The quantitative estimate of drug-likeness (QED) is 0.621. The summed E-state index contributed by atoms with van der Waals surface area (Å²) in [6.07, 6.45) is 4.73. The van der Waals surface area contributed by atoms with Crippen LogP contribution in [0.2, 0.25) is 0 Å². The Morgan fingerprint density at radius 1 is 0.500 bits per heavy atom. The van der Waals surface area contributed by atoms with Gasteiger partial charge >= 0.3 is 0 Å². The van der Waals surface area contributed by atoms with Crippen molar-refractivity contribution in [1.82, 2.24) is 10.6 Å². The van der Waals surface area contributed by atoms with Crippen molar-refractivity contribution in [2.45, 2.75) is 25.7 Å². The van der Waals surface area contributed by atoms with Crippen LogP contribution in [0.5, 0.6) is 0 Å². The maximum Gasteiger partial charge on any atom is -0.000835 e. The predicted molar refractivity (Wildman–Crippen MR) is 95.3 cm³/mol. The molecule has 0 aromatic heterocycles. The molecule has 22 heavy (non-hydrogen) atoms. The molecule has 0 bridgehead atoms. The summed E-state index contributed by atoms with van der Waals surface area (Å²) in [6.45, 7) is 4.39. The highest BCUT2D eigenvalue weighted by Crippen LogP contribution is 1.99. The van der Waals surface area contributed by atoms with E-state index in [4.69, 9.17) is 0 Å². The highest BCUT2D eigenvalue weighted by atomic mass is 14.9. The third kappa shape index (κ3) is 7.39. The first-order valence-electron chi connectivity index (χ1n) is 8.44. The van der Waals surface area contributed by atoms with Crippen molar-refractivity contribution in [2.75, 3.05) is 26.2 Å². The molecule has 0 unspecified atom stereocenters. The lowest BCUT2D eigenvalue weighted by molar-refractivity contribution is 0.584. The molecule has 0 aliphatic heterocycles. The summed E-state index contributed by atoms with van der Waals surface area (Å²) in [7, 11) is 0. The van der Waals surface area contributed by atoms with Gasteiger partial charge in [0, 0.05) is 0 Å². The van der Waals surface area contributed by atoms with Gasteiger partial charge in [0.05, 0.1) is 0 Å². The highest BCUT2D eigenvalue weighted by Gasteiger charge is 1.93. The van der Waals surface area contributed by atoms with E-state index in [1.165, 1.54) is 24.0 Å². The lowest BCUT2D eigenvalue weighted by atomic mass is 10.1.